The molecule has 1 N–H and O–H groups in total. The maximum Gasteiger partial charge on any atom is 0.0218 e. The molecule has 0 amide bonds. The minimum Gasteiger partial charge on any atom is -0.317 e. The minimum absolute atomic E-state index is 0.782. The van der Waals surface area contributed by atoms with Gasteiger partial charge in [-0.25, -0.2) is 0 Å². The fourth-order valence-electron chi connectivity index (χ4n) is 3.11. The molecule has 0 aliphatic carbocycles. The van der Waals surface area contributed by atoms with Crippen molar-refractivity contribution in [3.05, 3.63) is 0 Å². The Hall–Kier alpha value is -0.120. The third-order valence-electron chi connectivity index (χ3n) is 4.34. The summed E-state index contributed by atoms with van der Waals surface area (Å²) < 4.78 is 0. The van der Waals surface area contributed by atoms with Crippen LogP contribution in [0.2, 0.25) is 0 Å². The van der Waals surface area contributed by atoms with Crippen molar-refractivity contribution in [1.29, 1.82) is 0 Å². The number of piperazine rings is 1. The molecule has 0 aromatic rings. The van der Waals surface area contributed by atoms with E-state index in [0.717, 1.165) is 12.1 Å². The van der Waals surface area contributed by atoms with E-state index in [1.165, 1.54) is 58.4 Å². The molecule has 0 saturated carbocycles. The zero-order valence-electron chi connectivity index (χ0n) is 10.9. The summed E-state index contributed by atoms with van der Waals surface area (Å²) in [6, 6.07) is 1.63. The van der Waals surface area contributed by atoms with Crippen molar-refractivity contribution in [2.45, 2.75) is 44.7 Å². The average molecular weight is 225 g/mol. The lowest BCUT2D eigenvalue weighted by Gasteiger charge is -2.42. The van der Waals surface area contributed by atoms with Crippen molar-refractivity contribution >= 4 is 0 Å². The van der Waals surface area contributed by atoms with Crippen LogP contribution in [0.1, 0.15) is 32.6 Å². The molecule has 3 nitrogen and oxygen atoms in total. The third kappa shape index (κ3) is 2.96. The Balaban J connectivity index is 1.88. The van der Waals surface area contributed by atoms with Gasteiger partial charge in [-0.2, -0.15) is 0 Å². The monoisotopic (exact) mass is 225 g/mol. The summed E-state index contributed by atoms with van der Waals surface area (Å²) in [7, 11) is 2.28. The highest BCUT2D eigenvalue weighted by atomic mass is 15.3. The normalized spacial score (nSPS) is 34.9. The van der Waals surface area contributed by atoms with E-state index in [1.807, 2.05) is 0 Å². The minimum atomic E-state index is 0.782. The van der Waals surface area contributed by atoms with E-state index in [0.29, 0.717) is 0 Å². The van der Waals surface area contributed by atoms with Crippen LogP contribution in [0.25, 0.3) is 0 Å². The Kier molecular flexibility index (Phi) is 4.62. The molecule has 0 radical (unpaired) electrons. The van der Waals surface area contributed by atoms with Gasteiger partial charge < -0.3 is 10.2 Å². The van der Waals surface area contributed by atoms with Crippen LogP contribution >= 0.6 is 0 Å². The number of rotatable bonds is 2. The van der Waals surface area contributed by atoms with E-state index >= 15 is 0 Å². The van der Waals surface area contributed by atoms with E-state index in [4.69, 9.17) is 0 Å². The van der Waals surface area contributed by atoms with Crippen LogP contribution in [0, 0.1) is 0 Å². The van der Waals surface area contributed by atoms with Gasteiger partial charge in [-0.05, 0) is 45.8 Å². The fraction of sp³-hybridized carbons (Fsp3) is 1.00. The molecule has 0 aromatic carbocycles. The van der Waals surface area contributed by atoms with Gasteiger partial charge in [0.15, 0.2) is 0 Å². The SMILES string of the molecule is CCC1CN(C2CCCNCC2)CCN1C. The molecule has 2 unspecified atom stereocenters. The summed E-state index contributed by atoms with van der Waals surface area (Å²) in [4.78, 5) is 5.28. The van der Waals surface area contributed by atoms with Crippen molar-refractivity contribution < 1.29 is 0 Å². The molecule has 16 heavy (non-hydrogen) atoms. The molecule has 0 bridgehead atoms. The molecule has 2 fully saturated rings. The molecule has 0 aromatic heterocycles. The first-order valence-corrected chi connectivity index (χ1v) is 6.96. The van der Waals surface area contributed by atoms with Gasteiger partial charge in [0.05, 0.1) is 0 Å². The largest absolute Gasteiger partial charge is 0.317 e. The molecule has 94 valence electrons. The molecular formula is C13H27N3. The van der Waals surface area contributed by atoms with Crippen molar-refractivity contribution in [3.8, 4) is 0 Å². The van der Waals surface area contributed by atoms with Crippen LogP contribution in [-0.4, -0.2) is 61.7 Å². The molecule has 2 saturated heterocycles. The Bertz CT molecular complexity index is 199. The summed E-state index contributed by atoms with van der Waals surface area (Å²) in [6.45, 7) is 8.58. The predicted octanol–water partition coefficient (Wildman–Crippen LogP) is 1.15. The van der Waals surface area contributed by atoms with Crippen molar-refractivity contribution in [1.82, 2.24) is 15.1 Å². The van der Waals surface area contributed by atoms with Gasteiger partial charge in [0.1, 0.15) is 0 Å². The van der Waals surface area contributed by atoms with Gasteiger partial charge in [-0.1, -0.05) is 6.92 Å². The fourth-order valence-corrected chi connectivity index (χ4v) is 3.11. The van der Waals surface area contributed by atoms with Crippen molar-refractivity contribution in [2.24, 2.45) is 0 Å². The van der Waals surface area contributed by atoms with Gasteiger partial charge >= 0.3 is 0 Å². The smallest absolute Gasteiger partial charge is 0.0218 e. The van der Waals surface area contributed by atoms with Crippen molar-refractivity contribution in [2.75, 3.05) is 39.8 Å². The number of hydrogen-bond acceptors (Lipinski definition) is 3. The van der Waals surface area contributed by atoms with Crippen LogP contribution < -0.4 is 5.32 Å². The standard InChI is InChI=1S/C13H27N3/c1-3-12-11-16(10-9-15(12)2)13-5-4-7-14-8-6-13/h12-14H,3-11H2,1-2H3. The van der Waals surface area contributed by atoms with E-state index in [-0.39, 0.29) is 0 Å². The van der Waals surface area contributed by atoms with E-state index in [1.54, 1.807) is 0 Å². The quantitative estimate of drug-likeness (QED) is 0.761. The maximum absolute atomic E-state index is 3.51. The number of nitrogens with zero attached hydrogens (tertiary/aromatic N) is 2. The predicted molar refractivity (Wildman–Crippen MR) is 68.8 cm³/mol. The molecule has 2 aliphatic rings. The lowest BCUT2D eigenvalue weighted by atomic mass is 10.0. The van der Waals surface area contributed by atoms with E-state index in [2.05, 4.69) is 29.1 Å². The van der Waals surface area contributed by atoms with Crippen molar-refractivity contribution in [3.63, 3.8) is 0 Å². The Morgan fingerprint density at radius 2 is 2.06 bits per heavy atom. The Morgan fingerprint density at radius 3 is 2.88 bits per heavy atom. The summed E-state index contributed by atoms with van der Waals surface area (Å²) in [5.74, 6) is 0. The van der Waals surface area contributed by atoms with Gasteiger partial charge in [-0.15, -0.1) is 0 Å². The Labute approximate surface area is 100 Å². The summed E-state index contributed by atoms with van der Waals surface area (Å²) >= 11 is 0. The topological polar surface area (TPSA) is 18.5 Å². The third-order valence-corrected chi connectivity index (χ3v) is 4.34. The first-order chi connectivity index (χ1) is 7.81. The molecule has 2 heterocycles. The molecule has 3 heteroatoms. The second-order valence-corrected chi connectivity index (χ2v) is 5.37. The molecular weight excluding hydrogens is 198 g/mol. The summed E-state index contributed by atoms with van der Waals surface area (Å²) in [5.41, 5.74) is 0. The second kappa shape index (κ2) is 5.99. The molecule has 2 atom stereocenters. The van der Waals surface area contributed by atoms with Crippen LogP contribution in [0.15, 0.2) is 0 Å². The Morgan fingerprint density at radius 1 is 1.19 bits per heavy atom. The summed E-state index contributed by atoms with van der Waals surface area (Å²) in [5, 5.41) is 3.51. The lowest BCUT2D eigenvalue weighted by Crippen LogP contribution is -2.54. The first-order valence-electron chi connectivity index (χ1n) is 6.96. The van der Waals surface area contributed by atoms with Crippen LogP contribution in [0.4, 0.5) is 0 Å². The van der Waals surface area contributed by atoms with Crippen LogP contribution in [0.3, 0.4) is 0 Å². The first kappa shape index (κ1) is 12.3. The summed E-state index contributed by atoms with van der Waals surface area (Å²) in [6.07, 6.45) is 5.39. The van der Waals surface area contributed by atoms with E-state index < -0.39 is 0 Å². The molecule has 2 rings (SSSR count). The molecule has 2 aliphatic heterocycles. The number of hydrogen-bond donors (Lipinski definition) is 1. The van der Waals surface area contributed by atoms with E-state index in [9.17, 15) is 0 Å². The van der Waals surface area contributed by atoms with Crippen LogP contribution in [-0.2, 0) is 0 Å². The lowest BCUT2D eigenvalue weighted by molar-refractivity contribution is 0.0582. The average Bonchev–Trinajstić information content (AvgIpc) is 2.58. The maximum atomic E-state index is 3.51. The highest BCUT2D eigenvalue weighted by Gasteiger charge is 2.27. The highest BCUT2D eigenvalue weighted by Crippen LogP contribution is 2.19. The number of likely N-dealkylation sites (N-methyl/N-ethyl adjacent to an activating group) is 1. The highest BCUT2D eigenvalue weighted by molar-refractivity contribution is 4.84. The van der Waals surface area contributed by atoms with Gasteiger partial charge in [0, 0.05) is 31.7 Å². The van der Waals surface area contributed by atoms with Crippen LogP contribution in [0.5, 0.6) is 0 Å². The van der Waals surface area contributed by atoms with Gasteiger partial charge in [-0.3, -0.25) is 4.90 Å². The second-order valence-electron chi connectivity index (χ2n) is 5.37. The number of nitrogens with one attached hydrogen (secondary N) is 1. The molecule has 0 spiro atoms. The zero-order valence-corrected chi connectivity index (χ0v) is 10.9. The zero-order chi connectivity index (χ0) is 11.4. The van der Waals surface area contributed by atoms with Gasteiger partial charge in [0.25, 0.3) is 0 Å². The van der Waals surface area contributed by atoms with Gasteiger partial charge in [0.2, 0.25) is 0 Å².